The van der Waals surface area contributed by atoms with Gasteiger partial charge < -0.3 is 4.89 Å². The van der Waals surface area contributed by atoms with Crippen LogP contribution in [0.1, 0.15) is 23.3 Å². The van der Waals surface area contributed by atoms with Crippen LogP contribution in [0.15, 0.2) is 60.7 Å². The molecule has 1 heterocycles. The van der Waals surface area contributed by atoms with E-state index >= 15 is 0 Å². The Hall–Kier alpha value is -1.45. The third-order valence-corrected chi connectivity index (χ3v) is 4.01. The second-order valence-corrected chi connectivity index (χ2v) is 5.70. The van der Waals surface area contributed by atoms with E-state index in [0.717, 1.165) is 11.1 Å². The van der Waals surface area contributed by atoms with Crippen LogP contribution in [0.2, 0.25) is 0 Å². The zero-order valence-electron chi connectivity index (χ0n) is 10.0. The van der Waals surface area contributed by atoms with Crippen molar-refractivity contribution in [3.8, 4) is 0 Å². The first-order chi connectivity index (χ1) is 9.16. The van der Waals surface area contributed by atoms with Gasteiger partial charge in [0, 0.05) is 0 Å². The number of hydrogen-bond acceptors (Lipinski definition) is 3. The van der Waals surface area contributed by atoms with Crippen molar-refractivity contribution in [3.05, 3.63) is 71.8 Å². The lowest BCUT2D eigenvalue weighted by Gasteiger charge is -2.16. The van der Waals surface area contributed by atoms with E-state index in [1.54, 1.807) is 0 Å². The van der Waals surface area contributed by atoms with Gasteiger partial charge in [0.2, 0.25) is 0 Å². The van der Waals surface area contributed by atoms with Gasteiger partial charge in [-0.15, -0.1) is 0 Å². The van der Waals surface area contributed by atoms with Gasteiger partial charge in [-0.25, -0.2) is 4.57 Å². The molecule has 19 heavy (non-hydrogen) atoms. The molecule has 5 heteroatoms. The van der Waals surface area contributed by atoms with Gasteiger partial charge in [-0.3, -0.25) is 9.05 Å². The molecule has 0 aliphatic carbocycles. The zero-order valence-corrected chi connectivity index (χ0v) is 10.9. The molecule has 0 saturated carbocycles. The third kappa shape index (κ3) is 2.62. The molecule has 1 aliphatic heterocycles. The second kappa shape index (κ2) is 4.91. The van der Waals surface area contributed by atoms with Crippen LogP contribution >= 0.6 is 7.82 Å². The molecule has 0 aromatic heterocycles. The molecular formula is C14H13O4P. The lowest BCUT2D eigenvalue weighted by atomic mass is 9.99. The average molecular weight is 276 g/mol. The van der Waals surface area contributed by atoms with E-state index < -0.39 is 20.0 Å². The summed E-state index contributed by atoms with van der Waals surface area (Å²) in [5.74, 6) is 0. The van der Waals surface area contributed by atoms with Crippen LogP contribution in [0.25, 0.3) is 0 Å². The third-order valence-electron chi connectivity index (χ3n) is 3.02. The minimum atomic E-state index is -3.99. The van der Waals surface area contributed by atoms with E-state index in [4.69, 9.17) is 9.05 Å². The first-order valence-electron chi connectivity index (χ1n) is 5.95. The van der Waals surface area contributed by atoms with Crippen molar-refractivity contribution in [1.29, 1.82) is 0 Å². The minimum absolute atomic E-state index is 0.570. The van der Waals surface area contributed by atoms with Gasteiger partial charge >= 0.3 is 7.82 Å². The highest BCUT2D eigenvalue weighted by Gasteiger charge is 2.45. The Kier molecular flexibility index (Phi) is 3.25. The van der Waals surface area contributed by atoms with Gasteiger partial charge in [0.05, 0.1) is 0 Å². The topological polar surface area (TPSA) is 55.8 Å². The van der Waals surface area contributed by atoms with Crippen LogP contribution in [0.5, 0.6) is 0 Å². The van der Waals surface area contributed by atoms with E-state index in [1.807, 2.05) is 60.7 Å². The standard InChI is InChI=1S/C14H13O4P/c15-19(16)17-13(11-7-3-1-4-8-11)14(18-19)12-9-5-2-6-10-12/h1-10,13-14H,(H,15,16)/t13-,14-/m1/s1. The van der Waals surface area contributed by atoms with Crippen molar-refractivity contribution in [2.24, 2.45) is 0 Å². The lowest BCUT2D eigenvalue weighted by Crippen LogP contribution is -2.06. The van der Waals surface area contributed by atoms with Crippen molar-refractivity contribution in [1.82, 2.24) is 0 Å². The smallest absolute Gasteiger partial charge is 0.302 e. The number of rotatable bonds is 2. The van der Waals surface area contributed by atoms with Gasteiger partial charge in [0.25, 0.3) is 0 Å². The quantitative estimate of drug-likeness (QED) is 0.851. The Morgan fingerprint density at radius 3 is 1.53 bits per heavy atom. The van der Waals surface area contributed by atoms with Crippen LogP contribution in [0, 0.1) is 0 Å². The Labute approximate surface area is 111 Å². The molecule has 1 saturated heterocycles. The zero-order chi connectivity index (χ0) is 13.3. The highest BCUT2D eigenvalue weighted by atomic mass is 31.2. The summed E-state index contributed by atoms with van der Waals surface area (Å²) in [5, 5.41) is 0. The molecular weight excluding hydrogens is 263 g/mol. The summed E-state index contributed by atoms with van der Waals surface area (Å²) in [7, 11) is -3.99. The maximum atomic E-state index is 11.7. The monoisotopic (exact) mass is 276 g/mol. The van der Waals surface area contributed by atoms with Crippen LogP contribution in [-0.4, -0.2) is 4.89 Å². The molecule has 2 aromatic rings. The lowest BCUT2D eigenvalue weighted by molar-refractivity contribution is 0.159. The summed E-state index contributed by atoms with van der Waals surface area (Å²) >= 11 is 0. The van der Waals surface area contributed by atoms with Crippen molar-refractivity contribution in [2.45, 2.75) is 12.2 Å². The first kappa shape index (κ1) is 12.6. The molecule has 1 fully saturated rings. The van der Waals surface area contributed by atoms with Gasteiger partial charge in [-0.1, -0.05) is 60.7 Å². The maximum absolute atomic E-state index is 11.7. The number of hydrogen-bond donors (Lipinski definition) is 1. The summed E-state index contributed by atoms with van der Waals surface area (Å²) in [4.78, 5) is 9.57. The van der Waals surface area contributed by atoms with Crippen molar-refractivity contribution >= 4 is 7.82 Å². The SMILES string of the molecule is O=P1(O)O[C@H](c2ccccc2)[C@@H](c2ccccc2)O1. The van der Waals surface area contributed by atoms with Gasteiger partial charge in [-0.05, 0) is 11.1 Å². The molecule has 2 aromatic carbocycles. The highest BCUT2D eigenvalue weighted by molar-refractivity contribution is 7.47. The second-order valence-electron chi connectivity index (χ2n) is 4.34. The van der Waals surface area contributed by atoms with E-state index in [2.05, 4.69) is 0 Å². The molecule has 3 rings (SSSR count). The molecule has 98 valence electrons. The normalized spacial score (nSPS) is 25.3. The van der Waals surface area contributed by atoms with Crippen molar-refractivity contribution in [3.63, 3.8) is 0 Å². The Morgan fingerprint density at radius 2 is 1.16 bits per heavy atom. The predicted molar refractivity (Wildman–Crippen MR) is 70.4 cm³/mol. The van der Waals surface area contributed by atoms with Gasteiger partial charge in [0.15, 0.2) is 0 Å². The Bertz CT molecular complexity index is 548. The fraction of sp³-hybridized carbons (Fsp3) is 0.143. The average Bonchev–Trinajstić information content (AvgIpc) is 2.77. The fourth-order valence-electron chi connectivity index (χ4n) is 2.18. The largest absolute Gasteiger partial charge is 0.473 e. The van der Waals surface area contributed by atoms with Crippen LogP contribution in [0.4, 0.5) is 0 Å². The summed E-state index contributed by atoms with van der Waals surface area (Å²) in [5.41, 5.74) is 1.64. The number of phosphoric acid groups is 1. The number of phosphoric ester groups is 1. The molecule has 4 nitrogen and oxygen atoms in total. The Morgan fingerprint density at radius 1 is 0.789 bits per heavy atom. The van der Waals surface area contributed by atoms with E-state index in [1.165, 1.54) is 0 Å². The van der Waals surface area contributed by atoms with E-state index in [-0.39, 0.29) is 0 Å². The predicted octanol–water partition coefficient (Wildman–Crippen LogP) is 3.62. The van der Waals surface area contributed by atoms with E-state index in [0.29, 0.717) is 0 Å². The maximum Gasteiger partial charge on any atom is 0.473 e. The summed E-state index contributed by atoms with van der Waals surface area (Å²) in [6, 6.07) is 18.6. The highest BCUT2D eigenvalue weighted by Crippen LogP contribution is 2.62. The molecule has 2 atom stereocenters. The molecule has 0 spiro atoms. The van der Waals surface area contributed by atoms with Crippen LogP contribution < -0.4 is 0 Å². The summed E-state index contributed by atoms with van der Waals surface area (Å²) < 4.78 is 22.1. The fourth-order valence-corrected chi connectivity index (χ4v) is 3.27. The molecule has 0 unspecified atom stereocenters. The van der Waals surface area contributed by atoms with Crippen LogP contribution in [-0.2, 0) is 13.6 Å². The molecule has 0 bridgehead atoms. The van der Waals surface area contributed by atoms with E-state index in [9.17, 15) is 9.46 Å². The number of benzene rings is 2. The minimum Gasteiger partial charge on any atom is -0.302 e. The molecule has 1 aliphatic rings. The first-order valence-corrected chi connectivity index (χ1v) is 7.45. The molecule has 0 amide bonds. The Balaban J connectivity index is 2.00. The molecule has 0 radical (unpaired) electrons. The summed E-state index contributed by atoms with van der Waals surface area (Å²) in [6.45, 7) is 0. The van der Waals surface area contributed by atoms with Gasteiger partial charge in [0.1, 0.15) is 12.2 Å². The van der Waals surface area contributed by atoms with Gasteiger partial charge in [-0.2, -0.15) is 0 Å². The van der Waals surface area contributed by atoms with Crippen molar-refractivity contribution < 1.29 is 18.5 Å². The van der Waals surface area contributed by atoms with Crippen LogP contribution in [0.3, 0.4) is 0 Å². The summed E-state index contributed by atoms with van der Waals surface area (Å²) in [6.07, 6.45) is -1.14. The molecule has 1 N–H and O–H groups in total. The van der Waals surface area contributed by atoms with Crippen molar-refractivity contribution in [2.75, 3.05) is 0 Å².